The van der Waals surface area contributed by atoms with Crippen LogP contribution in [0, 0.1) is 5.92 Å². The lowest BCUT2D eigenvalue weighted by molar-refractivity contribution is -0.121. The molecule has 2 heterocycles. The van der Waals surface area contributed by atoms with E-state index in [1.165, 1.54) is 17.8 Å². The van der Waals surface area contributed by atoms with E-state index in [1.54, 1.807) is 24.0 Å². The van der Waals surface area contributed by atoms with Gasteiger partial charge in [-0.05, 0) is 36.2 Å². The van der Waals surface area contributed by atoms with E-state index in [2.05, 4.69) is 5.32 Å². The fraction of sp³-hybridized carbons (Fsp3) is 0.300. The molecule has 2 aliphatic rings. The number of thioether (sulfide) groups is 1. The molecule has 8 heteroatoms. The van der Waals surface area contributed by atoms with Crippen LogP contribution in [0.2, 0.25) is 0 Å². The Morgan fingerprint density at radius 1 is 1.25 bits per heavy atom. The van der Waals surface area contributed by atoms with Crippen LogP contribution in [0.15, 0.2) is 52.3 Å². The second-order valence-electron chi connectivity index (χ2n) is 7.05. The summed E-state index contributed by atoms with van der Waals surface area (Å²) in [5.41, 5.74) is 2.48. The second-order valence-corrected chi connectivity index (χ2v) is 10.1. The van der Waals surface area contributed by atoms with Crippen LogP contribution in [0.1, 0.15) is 12.5 Å². The highest BCUT2D eigenvalue weighted by molar-refractivity contribution is 8.00. The number of nitrogens with zero attached hydrogens (tertiary/aromatic N) is 1. The van der Waals surface area contributed by atoms with Crippen molar-refractivity contribution in [3.8, 4) is 0 Å². The lowest BCUT2D eigenvalue weighted by atomic mass is 10.1. The van der Waals surface area contributed by atoms with Gasteiger partial charge in [0.15, 0.2) is 9.84 Å². The lowest BCUT2D eigenvalue weighted by Gasteiger charge is -2.22. The van der Waals surface area contributed by atoms with E-state index in [0.717, 1.165) is 22.6 Å². The quantitative estimate of drug-likeness (QED) is 0.829. The van der Waals surface area contributed by atoms with Crippen molar-refractivity contribution in [3.05, 3.63) is 48.0 Å². The van der Waals surface area contributed by atoms with Crippen molar-refractivity contribution in [1.29, 1.82) is 0 Å². The summed E-state index contributed by atoms with van der Waals surface area (Å²) in [5, 5.41) is 2.70. The number of sulfone groups is 1. The molecule has 1 N–H and O–H groups in total. The maximum absolute atomic E-state index is 12.9. The molecule has 2 amide bonds. The van der Waals surface area contributed by atoms with Gasteiger partial charge in [-0.2, -0.15) is 0 Å². The van der Waals surface area contributed by atoms with Crippen LogP contribution in [-0.2, 0) is 25.8 Å². The molecule has 6 nitrogen and oxygen atoms in total. The minimum Gasteiger partial charge on any atom is -0.324 e. The molecule has 1 atom stereocenters. The van der Waals surface area contributed by atoms with Gasteiger partial charge < -0.3 is 10.2 Å². The summed E-state index contributed by atoms with van der Waals surface area (Å²) in [7, 11) is -3.67. The van der Waals surface area contributed by atoms with Crippen molar-refractivity contribution in [2.45, 2.75) is 23.1 Å². The smallest absolute Gasteiger partial charge is 0.234 e. The molecule has 2 aromatic carbocycles. The average Bonchev–Trinajstić information content (AvgIpc) is 3.10. The maximum Gasteiger partial charge on any atom is 0.234 e. The molecule has 28 heavy (non-hydrogen) atoms. The number of hydrogen-bond acceptors (Lipinski definition) is 5. The third kappa shape index (κ3) is 3.54. The van der Waals surface area contributed by atoms with E-state index >= 15 is 0 Å². The highest BCUT2D eigenvalue weighted by atomic mass is 32.2. The zero-order valence-electron chi connectivity index (χ0n) is 15.3. The monoisotopic (exact) mass is 416 g/mol. The summed E-state index contributed by atoms with van der Waals surface area (Å²) in [4.78, 5) is 27.1. The van der Waals surface area contributed by atoms with Gasteiger partial charge in [0.25, 0.3) is 0 Å². The topological polar surface area (TPSA) is 83.5 Å². The summed E-state index contributed by atoms with van der Waals surface area (Å²) in [6, 6.07) is 12.4. The third-order valence-corrected chi connectivity index (χ3v) is 7.97. The highest BCUT2D eigenvalue weighted by Crippen LogP contribution is 2.34. The lowest BCUT2D eigenvalue weighted by Crippen LogP contribution is -2.36. The first kappa shape index (κ1) is 19.0. The first-order valence-electron chi connectivity index (χ1n) is 9.04. The highest BCUT2D eigenvalue weighted by Gasteiger charge is 2.31. The van der Waals surface area contributed by atoms with Crippen molar-refractivity contribution in [1.82, 2.24) is 0 Å². The molecule has 2 aromatic rings. The summed E-state index contributed by atoms with van der Waals surface area (Å²) < 4.78 is 25.8. The Kier molecular flexibility index (Phi) is 4.93. The van der Waals surface area contributed by atoms with Gasteiger partial charge in [0.1, 0.15) is 0 Å². The van der Waals surface area contributed by atoms with Crippen molar-refractivity contribution in [2.75, 3.05) is 28.3 Å². The summed E-state index contributed by atoms with van der Waals surface area (Å²) in [6.45, 7) is 2.22. The molecule has 0 fully saturated rings. The summed E-state index contributed by atoms with van der Waals surface area (Å²) in [6.07, 6.45) is 0.781. The van der Waals surface area contributed by atoms with Gasteiger partial charge >= 0.3 is 0 Å². The van der Waals surface area contributed by atoms with Crippen LogP contribution in [0.5, 0.6) is 0 Å². The van der Waals surface area contributed by atoms with E-state index in [-0.39, 0.29) is 22.5 Å². The zero-order chi connectivity index (χ0) is 19.9. The number of anilines is 2. The van der Waals surface area contributed by atoms with Gasteiger partial charge in [-0.1, -0.05) is 25.1 Å². The Bertz CT molecular complexity index is 1070. The molecule has 0 aliphatic carbocycles. The number of amides is 2. The number of nitrogens with one attached hydrogen (secondary N) is 1. The number of benzene rings is 2. The predicted molar refractivity (Wildman–Crippen MR) is 110 cm³/mol. The normalized spacial score (nSPS) is 16.9. The molecule has 0 spiro atoms. The number of para-hydroxylation sites is 1. The second kappa shape index (κ2) is 7.25. The van der Waals surface area contributed by atoms with Crippen molar-refractivity contribution in [2.24, 2.45) is 5.92 Å². The van der Waals surface area contributed by atoms with Gasteiger partial charge in [-0.15, -0.1) is 11.8 Å². The summed E-state index contributed by atoms with van der Waals surface area (Å²) in [5.74, 6) is -0.957. The number of hydrogen-bond donors (Lipinski definition) is 1. The number of carbonyl (C=O) groups is 2. The molecule has 4 rings (SSSR count). The largest absolute Gasteiger partial charge is 0.324 e. The van der Waals surface area contributed by atoms with Gasteiger partial charge in [-0.3, -0.25) is 9.59 Å². The molecular formula is C20H20N2O4S2. The van der Waals surface area contributed by atoms with Crippen LogP contribution in [-0.4, -0.2) is 38.3 Å². The number of fused-ring (bicyclic) bond motifs is 2. The molecule has 2 aliphatic heterocycles. The number of carbonyl (C=O) groups excluding carboxylic acids is 2. The van der Waals surface area contributed by atoms with Crippen LogP contribution in [0.3, 0.4) is 0 Å². The van der Waals surface area contributed by atoms with Crippen molar-refractivity contribution in [3.63, 3.8) is 0 Å². The standard InChI is InChI=1S/C20H20N2O4S2/c1-13(20(24)22-9-8-14-4-2-3-5-17(14)22)12-28(25,26)15-6-7-18-16(10-15)21-19(23)11-27-18/h2-7,10,13H,8-9,11-12H2,1H3,(H,21,23). The van der Waals surface area contributed by atoms with Crippen LogP contribution in [0.25, 0.3) is 0 Å². The fourth-order valence-corrected chi connectivity index (χ4v) is 5.94. The Balaban J connectivity index is 1.53. The minimum atomic E-state index is -3.67. The average molecular weight is 417 g/mol. The van der Waals surface area contributed by atoms with Crippen LogP contribution in [0.4, 0.5) is 11.4 Å². The Labute approximate surface area is 168 Å². The van der Waals surface area contributed by atoms with Gasteiger partial charge in [0.05, 0.1) is 22.1 Å². The molecular weight excluding hydrogens is 396 g/mol. The van der Waals surface area contributed by atoms with Crippen LogP contribution < -0.4 is 10.2 Å². The number of rotatable bonds is 4. The fourth-order valence-electron chi connectivity index (χ4n) is 3.59. The Morgan fingerprint density at radius 2 is 2.04 bits per heavy atom. The summed E-state index contributed by atoms with van der Waals surface area (Å²) >= 11 is 1.38. The third-order valence-electron chi connectivity index (χ3n) is 4.99. The molecule has 0 radical (unpaired) electrons. The van der Waals surface area contributed by atoms with E-state index < -0.39 is 15.8 Å². The van der Waals surface area contributed by atoms with Crippen molar-refractivity contribution < 1.29 is 18.0 Å². The van der Waals surface area contributed by atoms with E-state index in [1.807, 2.05) is 24.3 Å². The van der Waals surface area contributed by atoms with Gasteiger partial charge in [0.2, 0.25) is 11.8 Å². The zero-order valence-corrected chi connectivity index (χ0v) is 17.0. The molecule has 0 saturated heterocycles. The van der Waals surface area contributed by atoms with Crippen molar-refractivity contribution >= 4 is 44.8 Å². The molecule has 0 aromatic heterocycles. The maximum atomic E-state index is 12.9. The van der Waals surface area contributed by atoms with E-state index in [0.29, 0.717) is 18.0 Å². The molecule has 0 saturated carbocycles. The molecule has 146 valence electrons. The first-order valence-corrected chi connectivity index (χ1v) is 11.7. The Hall–Kier alpha value is -2.32. The minimum absolute atomic E-state index is 0.121. The first-order chi connectivity index (χ1) is 13.3. The van der Waals surface area contributed by atoms with Crippen LogP contribution >= 0.6 is 11.8 Å². The Morgan fingerprint density at radius 3 is 2.86 bits per heavy atom. The SMILES string of the molecule is CC(CS(=O)(=O)c1ccc2c(c1)NC(=O)CS2)C(=O)N1CCc2ccccc21. The molecule has 0 bridgehead atoms. The van der Waals surface area contributed by atoms with E-state index in [4.69, 9.17) is 0 Å². The van der Waals surface area contributed by atoms with E-state index in [9.17, 15) is 18.0 Å². The van der Waals surface area contributed by atoms with Gasteiger partial charge in [-0.25, -0.2) is 8.42 Å². The molecule has 1 unspecified atom stereocenters. The predicted octanol–water partition coefficient (Wildman–Crippen LogP) is 2.73. The van der Waals surface area contributed by atoms with Gasteiger partial charge in [0, 0.05) is 23.0 Å².